The lowest BCUT2D eigenvalue weighted by Gasteiger charge is -2.27. The number of carbonyl (C=O) groups excluding carboxylic acids is 5. The van der Waals surface area contributed by atoms with Crippen LogP contribution in [0.3, 0.4) is 0 Å². The predicted octanol–water partition coefficient (Wildman–Crippen LogP) is 1.57. The molecule has 2 aliphatic heterocycles. The van der Waals surface area contributed by atoms with Crippen LogP contribution < -0.4 is 5.32 Å². The molecular weight excluding hydrogens is 440 g/mol. The highest BCUT2D eigenvalue weighted by Crippen LogP contribution is 2.22. The van der Waals surface area contributed by atoms with Gasteiger partial charge in [0.25, 0.3) is 11.8 Å². The van der Waals surface area contributed by atoms with Crippen molar-refractivity contribution in [2.45, 2.75) is 19.4 Å². The third kappa shape index (κ3) is 4.90. The molecule has 0 atom stereocenters. The van der Waals surface area contributed by atoms with Crippen LogP contribution in [-0.4, -0.2) is 70.8 Å². The molecule has 2 heterocycles. The summed E-state index contributed by atoms with van der Waals surface area (Å²) in [6.45, 7) is 0.423. The van der Waals surface area contributed by atoms with Gasteiger partial charge in [0, 0.05) is 26.1 Å². The zero-order valence-corrected chi connectivity index (χ0v) is 18.4. The van der Waals surface area contributed by atoms with Gasteiger partial charge in [0.15, 0.2) is 0 Å². The van der Waals surface area contributed by atoms with E-state index in [1.54, 1.807) is 24.3 Å². The van der Waals surface area contributed by atoms with E-state index >= 15 is 0 Å². The molecule has 1 fully saturated rings. The van der Waals surface area contributed by atoms with E-state index in [9.17, 15) is 24.0 Å². The van der Waals surface area contributed by atoms with Crippen LogP contribution in [0.5, 0.6) is 0 Å². The number of nitrogens with one attached hydrogen (secondary N) is 1. The molecule has 0 aliphatic carbocycles. The average Bonchev–Trinajstić information content (AvgIpc) is 3.43. The van der Waals surface area contributed by atoms with Gasteiger partial charge in [0.1, 0.15) is 13.2 Å². The SMILES string of the molecule is O=C(CN1C(=O)c2ccccc2C1=O)NCCC(=O)N1CCCN1C(=O)OCc1ccccc1. The Morgan fingerprint density at radius 3 is 2.15 bits per heavy atom. The Balaban J connectivity index is 1.22. The summed E-state index contributed by atoms with van der Waals surface area (Å²) in [7, 11) is 0. The maximum Gasteiger partial charge on any atom is 0.429 e. The first-order chi connectivity index (χ1) is 16.5. The van der Waals surface area contributed by atoms with Crippen molar-refractivity contribution in [3.63, 3.8) is 0 Å². The third-order valence-corrected chi connectivity index (χ3v) is 5.58. The summed E-state index contributed by atoms with van der Waals surface area (Å²) in [4.78, 5) is 62.9. The smallest absolute Gasteiger partial charge is 0.429 e. The number of amides is 5. The van der Waals surface area contributed by atoms with E-state index < -0.39 is 30.4 Å². The average molecular weight is 464 g/mol. The first-order valence-corrected chi connectivity index (χ1v) is 11.0. The zero-order chi connectivity index (χ0) is 24.1. The lowest BCUT2D eigenvalue weighted by Crippen LogP contribution is -2.46. The monoisotopic (exact) mass is 464 g/mol. The molecule has 2 aliphatic rings. The number of hydrogen-bond donors (Lipinski definition) is 1. The molecule has 0 bridgehead atoms. The molecule has 0 spiro atoms. The van der Waals surface area contributed by atoms with Gasteiger partial charge in [-0.3, -0.25) is 24.1 Å². The summed E-state index contributed by atoms with van der Waals surface area (Å²) in [5, 5.41) is 5.15. The van der Waals surface area contributed by atoms with E-state index in [0.29, 0.717) is 19.5 Å². The van der Waals surface area contributed by atoms with Crippen molar-refractivity contribution >= 4 is 29.7 Å². The minimum atomic E-state index is -0.607. The van der Waals surface area contributed by atoms with Gasteiger partial charge in [-0.2, -0.15) is 0 Å². The summed E-state index contributed by atoms with van der Waals surface area (Å²) in [5.74, 6) is -1.93. The van der Waals surface area contributed by atoms with Crippen molar-refractivity contribution in [1.82, 2.24) is 20.2 Å². The van der Waals surface area contributed by atoms with Crippen LogP contribution in [0.2, 0.25) is 0 Å². The molecule has 10 nitrogen and oxygen atoms in total. The highest BCUT2D eigenvalue weighted by Gasteiger charge is 2.36. The largest absolute Gasteiger partial charge is 0.443 e. The molecule has 34 heavy (non-hydrogen) atoms. The van der Waals surface area contributed by atoms with Crippen LogP contribution in [0.4, 0.5) is 4.79 Å². The Hall–Kier alpha value is -4.21. The Labute approximate surface area is 196 Å². The normalized spacial score (nSPS) is 14.9. The maximum atomic E-state index is 12.6. The minimum absolute atomic E-state index is 0.00421. The molecule has 0 unspecified atom stereocenters. The summed E-state index contributed by atoms with van der Waals surface area (Å²) < 4.78 is 5.31. The van der Waals surface area contributed by atoms with Crippen molar-refractivity contribution in [2.75, 3.05) is 26.2 Å². The number of rotatable bonds is 7. The maximum absolute atomic E-state index is 12.6. The van der Waals surface area contributed by atoms with Crippen LogP contribution in [0.1, 0.15) is 39.1 Å². The van der Waals surface area contributed by atoms with E-state index in [1.165, 1.54) is 10.0 Å². The second-order valence-corrected chi connectivity index (χ2v) is 7.88. The summed E-state index contributed by atoms with van der Waals surface area (Å²) in [6.07, 6.45) is -0.0291. The zero-order valence-electron chi connectivity index (χ0n) is 18.4. The number of benzene rings is 2. The highest BCUT2D eigenvalue weighted by molar-refractivity contribution is 6.22. The predicted molar refractivity (Wildman–Crippen MR) is 119 cm³/mol. The summed E-state index contributed by atoms with van der Waals surface area (Å²) in [6, 6.07) is 15.6. The first-order valence-electron chi connectivity index (χ1n) is 11.0. The van der Waals surface area contributed by atoms with E-state index in [4.69, 9.17) is 4.74 Å². The summed E-state index contributed by atoms with van der Waals surface area (Å²) >= 11 is 0. The van der Waals surface area contributed by atoms with Crippen LogP contribution in [0.25, 0.3) is 0 Å². The minimum Gasteiger partial charge on any atom is -0.443 e. The van der Waals surface area contributed by atoms with E-state index in [0.717, 1.165) is 10.5 Å². The van der Waals surface area contributed by atoms with Gasteiger partial charge in [0.05, 0.1) is 11.1 Å². The van der Waals surface area contributed by atoms with Gasteiger partial charge in [0.2, 0.25) is 11.8 Å². The molecule has 176 valence electrons. The van der Waals surface area contributed by atoms with Gasteiger partial charge in [-0.1, -0.05) is 42.5 Å². The van der Waals surface area contributed by atoms with E-state index in [-0.39, 0.29) is 36.6 Å². The molecule has 4 rings (SSSR count). The second-order valence-electron chi connectivity index (χ2n) is 7.88. The molecule has 10 heteroatoms. The molecule has 2 aromatic rings. The van der Waals surface area contributed by atoms with E-state index in [1.807, 2.05) is 30.3 Å². The van der Waals surface area contributed by atoms with Crippen molar-refractivity contribution in [3.05, 3.63) is 71.3 Å². The van der Waals surface area contributed by atoms with Gasteiger partial charge in [-0.25, -0.2) is 14.8 Å². The van der Waals surface area contributed by atoms with Crippen LogP contribution in [-0.2, 0) is 20.9 Å². The number of nitrogens with zero attached hydrogens (tertiary/aromatic N) is 3. The standard InChI is InChI=1S/C24H24N4O6/c29-20(15-26-22(31)18-9-4-5-10-19(18)23(26)32)25-12-11-21(30)27-13-6-14-28(27)24(33)34-16-17-7-2-1-3-8-17/h1-5,7-10H,6,11-16H2,(H,25,29). The number of hydrogen-bond acceptors (Lipinski definition) is 6. The van der Waals surface area contributed by atoms with Gasteiger partial charge >= 0.3 is 6.09 Å². The number of carbonyl (C=O) groups is 5. The van der Waals surface area contributed by atoms with Crippen molar-refractivity contribution in [2.24, 2.45) is 0 Å². The van der Waals surface area contributed by atoms with Crippen molar-refractivity contribution in [1.29, 1.82) is 0 Å². The quantitative estimate of drug-likeness (QED) is 0.622. The Morgan fingerprint density at radius 2 is 1.47 bits per heavy atom. The molecule has 0 aromatic heterocycles. The Kier molecular flexibility index (Phi) is 6.86. The van der Waals surface area contributed by atoms with Crippen molar-refractivity contribution in [3.8, 4) is 0 Å². The fraction of sp³-hybridized carbons (Fsp3) is 0.292. The lowest BCUT2D eigenvalue weighted by atomic mass is 10.1. The molecule has 2 aromatic carbocycles. The fourth-order valence-corrected chi connectivity index (χ4v) is 3.87. The van der Waals surface area contributed by atoms with Crippen LogP contribution in [0.15, 0.2) is 54.6 Å². The number of ether oxygens (including phenoxy) is 1. The van der Waals surface area contributed by atoms with Crippen LogP contribution in [0, 0.1) is 0 Å². The Morgan fingerprint density at radius 1 is 0.853 bits per heavy atom. The van der Waals surface area contributed by atoms with Gasteiger partial charge in [-0.15, -0.1) is 0 Å². The molecule has 1 saturated heterocycles. The number of fused-ring (bicyclic) bond motifs is 1. The number of imide groups is 1. The number of hydrazine groups is 1. The second kappa shape index (κ2) is 10.2. The fourth-order valence-electron chi connectivity index (χ4n) is 3.87. The molecule has 5 amide bonds. The molecular formula is C24H24N4O6. The highest BCUT2D eigenvalue weighted by atomic mass is 16.6. The molecule has 0 saturated carbocycles. The van der Waals surface area contributed by atoms with Crippen molar-refractivity contribution < 1.29 is 28.7 Å². The van der Waals surface area contributed by atoms with Crippen LogP contribution >= 0.6 is 0 Å². The van der Waals surface area contributed by atoms with Gasteiger partial charge < -0.3 is 10.1 Å². The molecule has 0 radical (unpaired) electrons. The van der Waals surface area contributed by atoms with E-state index in [2.05, 4.69) is 5.32 Å². The van der Waals surface area contributed by atoms with Gasteiger partial charge in [-0.05, 0) is 24.1 Å². The molecule has 1 N–H and O–H groups in total. The summed E-state index contributed by atoms with van der Waals surface area (Å²) in [5.41, 5.74) is 1.38. The topological polar surface area (TPSA) is 116 Å². The Bertz CT molecular complexity index is 1080. The third-order valence-electron chi connectivity index (χ3n) is 5.58. The first kappa shape index (κ1) is 23.0. The lowest BCUT2D eigenvalue weighted by molar-refractivity contribution is -0.141.